The van der Waals surface area contributed by atoms with Crippen LogP contribution in [-0.2, 0) is 44.6 Å². The number of amides is 4. The molecule has 0 radical (unpaired) electrons. The molecule has 1 fully saturated rings. The second-order valence-electron chi connectivity index (χ2n) is 15.3. The van der Waals surface area contributed by atoms with Gasteiger partial charge in [-0.15, -0.1) is 0 Å². The number of likely N-dealkylation sites (N-methyl/N-ethyl adjacent to an activating group) is 2. The van der Waals surface area contributed by atoms with Crippen molar-refractivity contribution in [2.24, 2.45) is 22.9 Å². The molecule has 0 bridgehead atoms. The number of methoxy groups -OCH3 is 3. The summed E-state index contributed by atoms with van der Waals surface area (Å²) in [5.74, 6) is -2.75. The maximum atomic E-state index is 14.2. The van der Waals surface area contributed by atoms with E-state index in [9.17, 15) is 24.0 Å². The molecule has 314 valence electrons. The molecular weight excluding hydrogens is 720 g/mol. The average Bonchev–Trinajstić information content (AvgIpc) is 3.66. The molecule has 1 saturated heterocycles. The summed E-state index contributed by atoms with van der Waals surface area (Å²) in [6, 6.07) is 5.95. The van der Waals surface area contributed by atoms with E-state index in [0.717, 1.165) is 5.56 Å². The number of hydrogen-bond donors (Lipinski definition) is 2. The molecule has 2 N–H and O–H groups in total. The van der Waals surface area contributed by atoms with E-state index in [1.807, 2.05) is 58.0 Å². The Morgan fingerprint density at radius 3 is 2.14 bits per heavy atom. The third-order valence-electron chi connectivity index (χ3n) is 11.0. The second-order valence-corrected chi connectivity index (χ2v) is 15.3. The quantitative estimate of drug-likeness (QED) is 0.0722. The Bertz CT molecular complexity index is 1470. The number of carbonyl (C=O) groups excluding carboxylic acids is 5. The lowest BCUT2D eigenvalue weighted by atomic mass is 9.89. The van der Waals surface area contributed by atoms with E-state index in [4.69, 9.17) is 19.7 Å². The Hall–Kier alpha value is -4.24. The number of nitrogens with one attached hydrogen (secondary N) is 2. The first-order chi connectivity index (χ1) is 26.6. The Balaban J connectivity index is 2.31. The molecule has 0 unspecified atom stereocenters. The summed E-state index contributed by atoms with van der Waals surface area (Å²) in [5.41, 5.74) is 9.79. The van der Waals surface area contributed by atoms with Crippen molar-refractivity contribution in [1.29, 1.82) is 0 Å². The largest absolute Gasteiger partial charge is 0.467 e. The number of ether oxygens (including phenoxy) is 3. The summed E-state index contributed by atoms with van der Waals surface area (Å²) in [5, 5.41) is 9.37. The van der Waals surface area contributed by atoms with Crippen molar-refractivity contribution >= 4 is 29.6 Å². The van der Waals surface area contributed by atoms with Gasteiger partial charge in [0, 0.05) is 45.7 Å². The van der Waals surface area contributed by atoms with Gasteiger partial charge < -0.3 is 34.6 Å². The molecule has 56 heavy (non-hydrogen) atoms. The van der Waals surface area contributed by atoms with Crippen LogP contribution in [-0.4, -0.2) is 142 Å². The monoisotopic (exact) mass is 787 g/mol. The molecule has 2 rings (SSSR count). The minimum Gasteiger partial charge on any atom is -0.467 e. The Labute approximate surface area is 332 Å². The van der Waals surface area contributed by atoms with E-state index >= 15 is 0 Å². The van der Waals surface area contributed by atoms with Gasteiger partial charge in [0.25, 0.3) is 0 Å². The van der Waals surface area contributed by atoms with Gasteiger partial charge in [-0.3, -0.25) is 24.1 Å². The number of azide groups is 1. The molecule has 16 nitrogen and oxygen atoms in total. The Kier molecular flexibility index (Phi) is 20.3. The van der Waals surface area contributed by atoms with Gasteiger partial charge in [-0.2, -0.15) is 0 Å². The van der Waals surface area contributed by atoms with Gasteiger partial charge in [0.2, 0.25) is 23.6 Å². The van der Waals surface area contributed by atoms with Gasteiger partial charge in [-0.05, 0) is 56.3 Å². The van der Waals surface area contributed by atoms with Crippen molar-refractivity contribution in [3.05, 3.63) is 46.3 Å². The summed E-state index contributed by atoms with van der Waals surface area (Å²) in [6.45, 7) is 10.00. The number of nitrogens with zero attached hydrogens (tertiary/aromatic N) is 6. The lowest BCUT2D eigenvalue weighted by molar-refractivity contribution is -0.148. The molecule has 0 saturated carbocycles. The Morgan fingerprint density at radius 2 is 1.61 bits per heavy atom. The van der Waals surface area contributed by atoms with Crippen molar-refractivity contribution < 1.29 is 38.2 Å². The fraction of sp³-hybridized carbons (Fsp3) is 0.725. The summed E-state index contributed by atoms with van der Waals surface area (Å²) in [6.07, 6.45) is 0.871. The highest BCUT2D eigenvalue weighted by Gasteiger charge is 2.43. The first kappa shape index (κ1) is 47.9. The molecule has 1 aromatic carbocycles. The highest BCUT2D eigenvalue weighted by atomic mass is 16.5. The van der Waals surface area contributed by atoms with E-state index in [2.05, 4.69) is 20.7 Å². The van der Waals surface area contributed by atoms with E-state index < -0.39 is 60.2 Å². The molecule has 1 aliphatic heterocycles. The number of esters is 1. The van der Waals surface area contributed by atoms with Gasteiger partial charge in [0.05, 0.1) is 49.8 Å². The topological polar surface area (TPSA) is 196 Å². The van der Waals surface area contributed by atoms with E-state index in [-0.39, 0.29) is 55.4 Å². The van der Waals surface area contributed by atoms with E-state index in [1.165, 1.54) is 21.3 Å². The summed E-state index contributed by atoms with van der Waals surface area (Å²) in [7, 11) is 9.54. The Morgan fingerprint density at radius 1 is 0.964 bits per heavy atom. The van der Waals surface area contributed by atoms with E-state index in [1.54, 1.807) is 42.8 Å². The first-order valence-corrected chi connectivity index (χ1v) is 19.6. The predicted molar refractivity (Wildman–Crippen MR) is 213 cm³/mol. The zero-order valence-electron chi connectivity index (χ0n) is 35.3. The van der Waals surface area contributed by atoms with Gasteiger partial charge >= 0.3 is 5.97 Å². The standard InChI is InChI=1S/C40H66N8O8/c1-12-26(4)35(47(8)39(52)29(20-21-42-45-41)43-38(51)34(25(2)3)46(6)7)32(54-9)24-33(49)48-22-16-19-31(48)36(55-10)27(5)37(50)44-30(40(53)56-11)23-28-17-14-13-15-18-28/h13-15,17-18,25-27,29-32,34-36H,12,16,19-24H2,1-11H3,(H,43,51)(H,44,50)/t26-,27+,29-,30-,31-,32+,34-,35-,36+/m0/s1. The number of carbonyl (C=O) groups is 5. The van der Waals surface area contributed by atoms with E-state index in [0.29, 0.717) is 25.8 Å². The number of rotatable bonds is 23. The molecule has 4 amide bonds. The van der Waals surface area contributed by atoms with Crippen molar-refractivity contribution in [2.45, 2.75) is 116 Å². The van der Waals surface area contributed by atoms with Crippen LogP contribution in [0.1, 0.15) is 72.3 Å². The van der Waals surface area contributed by atoms with Crippen molar-refractivity contribution in [3.63, 3.8) is 0 Å². The second kappa shape index (κ2) is 23.7. The highest BCUT2D eigenvalue weighted by molar-refractivity contribution is 5.90. The van der Waals surface area contributed by atoms with Crippen LogP contribution in [0.4, 0.5) is 0 Å². The number of likely N-dealkylation sites (tertiary alicyclic amines) is 1. The number of benzene rings is 1. The van der Waals surface area contributed by atoms with Crippen LogP contribution in [0.2, 0.25) is 0 Å². The van der Waals surface area contributed by atoms with Crippen LogP contribution < -0.4 is 10.6 Å². The van der Waals surface area contributed by atoms with Crippen LogP contribution in [0.25, 0.3) is 10.4 Å². The van der Waals surface area contributed by atoms with Crippen LogP contribution in [0, 0.1) is 17.8 Å². The third kappa shape index (κ3) is 13.2. The van der Waals surface area contributed by atoms with Crippen LogP contribution in [0.3, 0.4) is 0 Å². The lowest BCUT2D eigenvalue weighted by Crippen LogP contribution is -2.58. The zero-order valence-corrected chi connectivity index (χ0v) is 35.3. The van der Waals surface area contributed by atoms with Crippen LogP contribution >= 0.6 is 0 Å². The molecule has 0 spiro atoms. The van der Waals surface area contributed by atoms with Gasteiger partial charge in [-0.1, -0.05) is 76.5 Å². The number of hydrogen-bond acceptors (Lipinski definition) is 10. The fourth-order valence-electron chi connectivity index (χ4n) is 7.92. The van der Waals surface area contributed by atoms with Gasteiger partial charge in [0.1, 0.15) is 12.1 Å². The molecule has 1 heterocycles. The van der Waals surface area contributed by atoms with Crippen molar-refractivity contribution in [1.82, 2.24) is 25.3 Å². The minimum absolute atomic E-state index is 0.000636. The summed E-state index contributed by atoms with van der Waals surface area (Å²) >= 11 is 0. The van der Waals surface area contributed by atoms with Crippen LogP contribution in [0.15, 0.2) is 35.4 Å². The normalized spacial score (nSPS) is 18.4. The average molecular weight is 787 g/mol. The van der Waals surface area contributed by atoms with Crippen LogP contribution in [0.5, 0.6) is 0 Å². The molecule has 1 aliphatic rings. The van der Waals surface area contributed by atoms with Gasteiger partial charge in [0.15, 0.2) is 0 Å². The van der Waals surface area contributed by atoms with Gasteiger partial charge in [-0.25, -0.2) is 4.79 Å². The fourth-order valence-corrected chi connectivity index (χ4v) is 7.92. The molecular formula is C40H66N8O8. The van der Waals surface area contributed by atoms with Crippen molar-refractivity contribution in [3.8, 4) is 0 Å². The van der Waals surface area contributed by atoms with Crippen molar-refractivity contribution in [2.75, 3.05) is 55.6 Å². The predicted octanol–water partition coefficient (Wildman–Crippen LogP) is 3.58. The SMILES string of the molecule is CC[C@H](C)[C@@H]([C@@H](CC(=O)N1CCC[C@H]1[C@H](OC)[C@@H](C)C(=O)N[C@@H](Cc1ccccc1)C(=O)OC)OC)N(C)C(=O)[C@H](CCN=[N+]=[N-])NC(=O)[C@H](C(C)C)N(C)C. The molecule has 16 heteroatoms. The molecule has 1 aromatic rings. The molecule has 9 atom stereocenters. The summed E-state index contributed by atoms with van der Waals surface area (Å²) < 4.78 is 16.9. The maximum Gasteiger partial charge on any atom is 0.328 e. The summed E-state index contributed by atoms with van der Waals surface area (Å²) in [4.78, 5) is 76.2. The first-order valence-electron chi connectivity index (χ1n) is 19.6. The lowest BCUT2D eigenvalue weighted by Gasteiger charge is -2.40. The third-order valence-corrected chi connectivity index (χ3v) is 11.0. The highest BCUT2D eigenvalue weighted by Crippen LogP contribution is 2.29. The minimum atomic E-state index is -0.983. The maximum absolute atomic E-state index is 14.2. The molecule has 0 aromatic heterocycles. The smallest absolute Gasteiger partial charge is 0.328 e. The molecule has 0 aliphatic carbocycles. The zero-order chi connectivity index (χ0) is 42.1.